The molecule has 0 radical (unpaired) electrons. The van der Waals surface area contributed by atoms with Crippen molar-refractivity contribution in [3.8, 4) is 0 Å². The van der Waals surface area contributed by atoms with E-state index in [0.717, 1.165) is 16.8 Å². The van der Waals surface area contributed by atoms with Gasteiger partial charge in [0.05, 0.1) is 28.9 Å². The molecule has 0 fully saturated rings. The van der Waals surface area contributed by atoms with E-state index in [1.165, 1.54) is 19.2 Å². The van der Waals surface area contributed by atoms with Gasteiger partial charge in [-0.05, 0) is 48.2 Å². The summed E-state index contributed by atoms with van der Waals surface area (Å²) >= 11 is 0. The average molecular weight is 386 g/mol. The van der Waals surface area contributed by atoms with Crippen LogP contribution in [-0.4, -0.2) is 33.9 Å². The molecule has 0 spiro atoms. The van der Waals surface area contributed by atoms with Gasteiger partial charge in [0.2, 0.25) is 5.91 Å². The molecule has 0 aromatic heterocycles. The second kappa shape index (κ2) is 6.38. The van der Waals surface area contributed by atoms with E-state index in [4.69, 9.17) is 4.74 Å². The molecule has 1 N–H and O–H groups in total. The van der Waals surface area contributed by atoms with E-state index in [2.05, 4.69) is 4.72 Å². The molecular weight excluding hydrogens is 368 g/mol. The summed E-state index contributed by atoms with van der Waals surface area (Å²) in [5.74, 6) is -0.534. The highest BCUT2D eigenvalue weighted by Gasteiger charge is 2.33. The Hall–Kier alpha value is -2.87. The Morgan fingerprint density at radius 3 is 2.56 bits per heavy atom. The topological polar surface area (TPSA) is 92.8 Å². The third kappa shape index (κ3) is 2.95. The van der Waals surface area contributed by atoms with Crippen molar-refractivity contribution in [2.45, 2.75) is 24.2 Å². The number of nitrogens with one attached hydrogen (secondary N) is 1. The number of hydrogen-bond acceptors (Lipinski definition) is 5. The lowest BCUT2D eigenvalue weighted by Gasteiger charge is -2.25. The highest BCUT2D eigenvalue weighted by atomic mass is 32.2. The normalized spacial score (nSPS) is 15.4. The van der Waals surface area contributed by atoms with E-state index in [-0.39, 0.29) is 22.1 Å². The van der Waals surface area contributed by atoms with Crippen molar-refractivity contribution in [1.82, 2.24) is 0 Å². The Morgan fingerprint density at radius 1 is 1.11 bits per heavy atom. The van der Waals surface area contributed by atoms with Crippen molar-refractivity contribution in [3.05, 3.63) is 53.1 Å². The lowest BCUT2D eigenvalue weighted by atomic mass is 10.00. The van der Waals surface area contributed by atoms with Gasteiger partial charge in [0, 0.05) is 13.0 Å². The Kier molecular flexibility index (Phi) is 4.15. The minimum atomic E-state index is -3.90. The molecule has 2 aromatic rings. The van der Waals surface area contributed by atoms with Crippen molar-refractivity contribution in [2.24, 2.45) is 0 Å². The fourth-order valence-electron chi connectivity index (χ4n) is 3.64. The lowest BCUT2D eigenvalue weighted by molar-refractivity contribution is -0.118. The predicted molar refractivity (Wildman–Crippen MR) is 99.4 cm³/mol. The van der Waals surface area contributed by atoms with Gasteiger partial charge < -0.3 is 9.64 Å². The first kappa shape index (κ1) is 17.5. The first-order valence-electron chi connectivity index (χ1n) is 8.57. The fraction of sp³-hybridized carbons (Fsp3) is 0.263. The van der Waals surface area contributed by atoms with E-state index in [9.17, 15) is 18.0 Å². The maximum Gasteiger partial charge on any atom is 0.339 e. The van der Waals surface area contributed by atoms with Crippen LogP contribution in [-0.2, 0) is 32.4 Å². The molecule has 0 unspecified atom stereocenters. The number of carbonyl (C=O) groups excluding carboxylic acids is 2. The molecule has 1 amide bonds. The third-order valence-corrected chi connectivity index (χ3v) is 6.26. The number of ether oxygens (including phenoxy) is 1. The zero-order valence-electron chi connectivity index (χ0n) is 14.7. The van der Waals surface area contributed by atoms with Gasteiger partial charge in [-0.15, -0.1) is 0 Å². The van der Waals surface area contributed by atoms with Gasteiger partial charge in [-0.2, -0.15) is 0 Å². The zero-order chi connectivity index (χ0) is 19.2. The quantitative estimate of drug-likeness (QED) is 0.813. The number of esters is 1. The zero-order valence-corrected chi connectivity index (χ0v) is 15.5. The number of rotatable bonds is 4. The van der Waals surface area contributed by atoms with Gasteiger partial charge in [-0.25, -0.2) is 13.2 Å². The summed E-state index contributed by atoms with van der Waals surface area (Å²) in [4.78, 5) is 25.8. The Labute approximate surface area is 157 Å². The van der Waals surface area contributed by atoms with E-state index in [1.807, 2.05) is 0 Å². The highest BCUT2D eigenvalue weighted by Crippen LogP contribution is 2.38. The number of sulfonamides is 1. The summed E-state index contributed by atoms with van der Waals surface area (Å²) in [5.41, 5.74) is 2.90. The number of nitrogens with zero attached hydrogens (tertiary/aromatic N) is 1. The monoisotopic (exact) mass is 386 g/mol. The molecule has 7 nitrogen and oxygen atoms in total. The predicted octanol–water partition coefficient (Wildman–Crippen LogP) is 2.11. The first-order chi connectivity index (χ1) is 12.9. The smallest absolute Gasteiger partial charge is 0.339 e. The van der Waals surface area contributed by atoms with Crippen molar-refractivity contribution in [3.63, 3.8) is 0 Å². The molecule has 2 aliphatic rings. The average Bonchev–Trinajstić information content (AvgIpc) is 3.09. The molecular formula is C19H18N2O5S. The van der Waals surface area contributed by atoms with Crippen molar-refractivity contribution >= 4 is 33.3 Å². The molecule has 27 heavy (non-hydrogen) atoms. The van der Waals surface area contributed by atoms with Gasteiger partial charge in [0.25, 0.3) is 10.0 Å². The standard InChI is InChI=1S/C19H18N2O5S/c1-26-19(23)15-4-2-3-5-16(15)20-27(24,25)14-10-12-6-7-17(22)21-9-8-13(11-14)18(12)21/h2-5,10-11,20H,6-9H2,1H3. The molecule has 0 saturated carbocycles. The molecule has 0 bridgehead atoms. The van der Waals surface area contributed by atoms with Crippen LogP contribution in [0, 0.1) is 0 Å². The molecule has 2 aromatic carbocycles. The second-order valence-corrected chi connectivity index (χ2v) is 8.21. The van der Waals surface area contributed by atoms with Crippen molar-refractivity contribution < 1.29 is 22.7 Å². The van der Waals surface area contributed by atoms with Crippen LogP contribution >= 0.6 is 0 Å². The molecule has 2 heterocycles. The number of methoxy groups -OCH3 is 1. The van der Waals surface area contributed by atoms with Crippen LogP contribution in [0.25, 0.3) is 0 Å². The Bertz CT molecular complexity index is 1060. The second-order valence-electron chi connectivity index (χ2n) is 6.53. The number of para-hydroxylation sites is 1. The van der Waals surface area contributed by atoms with Gasteiger partial charge in [-0.1, -0.05) is 12.1 Å². The van der Waals surface area contributed by atoms with Crippen LogP contribution in [0.4, 0.5) is 11.4 Å². The molecule has 4 rings (SSSR count). The number of carbonyl (C=O) groups is 2. The van der Waals surface area contributed by atoms with Gasteiger partial charge >= 0.3 is 5.97 Å². The van der Waals surface area contributed by atoms with Crippen LogP contribution < -0.4 is 9.62 Å². The number of hydrogen-bond donors (Lipinski definition) is 1. The van der Waals surface area contributed by atoms with Gasteiger partial charge in [-0.3, -0.25) is 9.52 Å². The van der Waals surface area contributed by atoms with Crippen molar-refractivity contribution in [1.29, 1.82) is 0 Å². The first-order valence-corrected chi connectivity index (χ1v) is 10.1. The minimum absolute atomic E-state index is 0.0852. The summed E-state index contributed by atoms with van der Waals surface area (Å²) in [6.45, 7) is 0.587. The number of benzene rings is 2. The number of anilines is 2. The SMILES string of the molecule is COC(=O)c1ccccc1NS(=O)(=O)c1cc2c3c(c1)CCN3C(=O)CC2. The van der Waals surface area contributed by atoms with Gasteiger partial charge in [0.15, 0.2) is 0 Å². The van der Waals surface area contributed by atoms with Crippen LogP contribution in [0.2, 0.25) is 0 Å². The Morgan fingerprint density at radius 2 is 1.81 bits per heavy atom. The Balaban J connectivity index is 1.73. The molecule has 0 atom stereocenters. The van der Waals surface area contributed by atoms with Crippen LogP contribution in [0.3, 0.4) is 0 Å². The maximum atomic E-state index is 13.0. The van der Waals surface area contributed by atoms with Crippen LogP contribution in [0.1, 0.15) is 27.9 Å². The van der Waals surface area contributed by atoms with E-state index in [1.54, 1.807) is 29.2 Å². The molecule has 0 saturated heterocycles. The van der Waals surface area contributed by atoms with Crippen LogP contribution in [0.5, 0.6) is 0 Å². The maximum absolute atomic E-state index is 13.0. The summed E-state index contributed by atoms with van der Waals surface area (Å²) in [7, 11) is -2.66. The van der Waals surface area contributed by atoms with E-state index < -0.39 is 16.0 Å². The summed E-state index contributed by atoms with van der Waals surface area (Å²) in [6.07, 6.45) is 1.55. The largest absolute Gasteiger partial charge is 0.465 e. The minimum Gasteiger partial charge on any atom is -0.465 e. The van der Waals surface area contributed by atoms with Crippen LogP contribution in [0.15, 0.2) is 41.3 Å². The van der Waals surface area contributed by atoms with E-state index in [0.29, 0.717) is 25.8 Å². The summed E-state index contributed by atoms with van der Waals surface area (Å²) in [5, 5.41) is 0. The van der Waals surface area contributed by atoms with Gasteiger partial charge in [0.1, 0.15) is 0 Å². The highest BCUT2D eigenvalue weighted by molar-refractivity contribution is 7.92. The summed E-state index contributed by atoms with van der Waals surface area (Å²) in [6, 6.07) is 9.52. The van der Waals surface area contributed by atoms with E-state index >= 15 is 0 Å². The molecule has 2 aliphatic heterocycles. The fourth-order valence-corrected chi connectivity index (χ4v) is 4.83. The number of amides is 1. The third-order valence-electron chi connectivity index (χ3n) is 4.91. The molecule has 140 valence electrons. The number of aryl methyl sites for hydroxylation is 1. The van der Waals surface area contributed by atoms with Crippen molar-refractivity contribution in [2.75, 3.05) is 23.3 Å². The molecule has 8 heteroatoms. The summed E-state index contributed by atoms with van der Waals surface area (Å²) < 4.78 is 33.1. The lowest BCUT2D eigenvalue weighted by Crippen LogP contribution is -2.33. The molecule has 0 aliphatic carbocycles.